The molecule has 0 spiro atoms. The van der Waals surface area contributed by atoms with Gasteiger partial charge in [-0.2, -0.15) is 0 Å². The van der Waals surface area contributed by atoms with Crippen LogP contribution in [0, 0.1) is 0 Å². The Hall–Kier alpha value is -1.62. The molecule has 2 aromatic heterocycles. The van der Waals surface area contributed by atoms with Crippen LogP contribution in [0.1, 0.15) is 17.3 Å². The molecule has 0 unspecified atom stereocenters. The van der Waals surface area contributed by atoms with Crippen molar-refractivity contribution in [1.82, 2.24) is 14.5 Å². The minimum atomic E-state index is -0.479. The van der Waals surface area contributed by atoms with Gasteiger partial charge >= 0.3 is 5.97 Å². The molecule has 2 rings (SSSR count). The van der Waals surface area contributed by atoms with Crippen LogP contribution in [0.4, 0.5) is 0 Å². The van der Waals surface area contributed by atoms with E-state index in [4.69, 9.17) is 16.3 Å². The third-order valence-corrected chi connectivity index (χ3v) is 2.54. The first-order valence-electron chi connectivity index (χ1n) is 4.77. The van der Waals surface area contributed by atoms with E-state index in [9.17, 15) is 4.79 Å². The van der Waals surface area contributed by atoms with Gasteiger partial charge in [-0.3, -0.25) is 0 Å². The second-order valence-corrected chi connectivity index (χ2v) is 3.61. The van der Waals surface area contributed by atoms with Gasteiger partial charge in [0, 0.05) is 13.2 Å². The molecule has 0 N–H and O–H groups in total. The standard InChI is InChI=1S/C10H10ClN3O2/c1-3-16-10(15)6-4-12-9-8(7(6)11)13-5-14(9)2/h4-5H,3H2,1-2H3. The smallest absolute Gasteiger partial charge is 0.341 e. The summed E-state index contributed by atoms with van der Waals surface area (Å²) in [6, 6.07) is 0. The molecule has 0 amide bonds. The van der Waals surface area contributed by atoms with Gasteiger partial charge < -0.3 is 9.30 Å². The summed E-state index contributed by atoms with van der Waals surface area (Å²) in [5.41, 5.74) is 1.39. The first kappa shape index (κ1) is 10.9. The Morgan fingerprint density at radius 2 is 2.31 bits per heavy atom. The number of fused-ring (bicyclic) bond motifs is 1. The third kappa shape index (κ3) is 1.63. The topological polar surface area (TPSA) is 57.0 Å². The highest BCUT2D eigenvalue weighted by atomic mass is 35.5. The van der Waals surface area contributed by atoms with Crippen molar-refractivity contribution in [2.45, 2.75) is 6.92 Å². The second-order valence-electron chi connectivity index (χ2n) is 3.23. The number of carbonyl (C=O) groups is 1. The van der Waals surface area contributed by atoms with Gasteiger partial charge in [-0.1, -0.05) is 11.6 Å². The predicted octanol–water partition coefficient (Wildman–Crippen LogP) is 1.80. The van der Waals surface area contributed by atoms with Gasteiger partial charge in [0.05, 0.1) is 23.5 Å². The summed E-state index contributed by atoms with van der Waals surface area (Å²) in [5, 5.41) is 0.282. The van der Waals surface area contributed by atoms with Gasteiger partial charge in [-0.05, 0) is 6.92 Å². The predicted molar refractivity (Wildman–Crippen MR) is 59.5 cm³/mol. The van der Waals surface area contributed by atoms with E-state index in [1.54, 1.807) is 17.8 Å². The number of hydrogen-bond donors (Lipinski definition) is 0. The number of hydrogen-bond acceptors (Lipinski definition) is 4. The minimum Gasteiger partial charge on any atom is -0.462 e. The van der Waals surface area contributed by atoms with Crippen molar-refractivity contribution in [3.63, 3.8) is 0 Å². The fraction of sp³-hybridized carbons (Fsp3) is 0.300. The molecule has 2 aromatic rings. The zero-order valence-corrected chi connectivity index (χ0v) is 9.65. The van der Waals surface area contributed by atoms with E-state index in [1.165, 1.54) is 6.20 Å². The zero-order chi connectivity index (χ0) is 11.7. The van der Waals surface area contributed by atoms with Crippen molar-refractivity contribution in [2.24, 2.45) is 7.05 Å². The van der Waals surface area contributed by atoms with Gasteiger partial charge in [0.15, 0.2) is 5.65 Å². The quantitative estimate of drug-likeness (QED) is 0.750. The summed E-state index contributed by atoms with van der Waals surface area (Å²) in [6.45, 7) is 2.04. The van der Waals surface area contributed by atoms with E-state index >= 15 is 0 Å². The Morgan fingerprint density at radius 1 is 1.56 bits per heavy atom. The van der Waals surface area contributed by atoms with Crippen molar-refractivity contribution < 1.29 is 9.53 Å². The number of aromatic nitrogens is 3. The van der Waals surface area contributed by atoms with Crippen molar-refractivity contribution in [1.29, 1.82) is 0 Å². The van der Waals surface area contributed by atoms with Crippen LogP contribution in [0.3, 0.4) is 0 Å². The Balaban J connectivity index is 2.56. The molecule has 5 nitrogen and oxygen atoms in total. The van der Waals surface area contributed by atoms with Gasteiger partial charge in [0.1, 0.15) is 5.52 Å². The molecule has 16 heavy (non-hydrogen) atoms. The normalized spacial score (nSPS) is 10.7. The van der Waals surface area contributed by atoms with E-state index in [-0.39, 0.29) is 10.6 Å². The van der Waals surface area contributed by atoms with Crippen molar-refractivity contribution in [2.75, 3.05) is 6.61 Å². The number of nitrogens with zero attached hydrogens (tertiary/aromatic N) is 3. The van der Waals surface area contributed by atoms with Crippen LogP contribution in [0.25, 0.3) is 11.2 Å². The summed E-state index contributed by atoms with van der Waals surface area (Å²) in [6.07, 6.45) is 3.00. The molecule has 0 aliphatic carbocycles. The third-order valence-electron chi connectivity index (χ3n) is 2.16. The van der Waals surface area contributed by atoms with E-state index in [1.807, 2.05) is 7.05 Å². The van der Waals surface area contributed by atoms with E-state index in [2.05, 4.69) is 9.97 Å². The van der Waals surface area contributed by atoms with Crippen LogP contribution in [0.15, 0.2) is 12.5 Å². The van der Waals surface area contributed by atoms with Gasteiger partial charge in [0.25, 0.3) is 0 Å². The second kappa shape index (κ2) is 4.09. The molecule has 0 fully saturated rings. The Morgan fingerprint density at radius 3 is 3.00 bits per heavy atom. The molecule has 0 saturated carbocycles. The van der Waals surface area contributed by atoms with Crippen molar-refractivity contribution in [3.8, 4) is 0 Å². The van der Waals surface area contributed by atoms with Crippen LogP contribution < -0.4 is 0 Å². The highest BCUT2D eigenvalue weighted by molar-refractivity contribution is 6.37. The van der Waals surface area contributed by atoms with E-state index < -0.39 is 5.97 Å². The molecule has 0 aromatic carbocycles. The van der Waals surface area contributed by atoms with Crippen LogP contribution >= 0.6 is 11.6 Å². The summed E-state index contributed by atoms with van der Waals surface area (Å²) >= 11 is 6.07. The molecule has 0 aliphatic heterocycles. The lowest BCUT2D eigenvalue weighted by Crippen LogP contribution is -2.06. The van der Waals surface area contributed by atoms with Crippen molar-refractivity contribution >= 4 is 28.7 Å². The molecule has 0 radical (unpaired) electrons. The van der Waals surface area contributed by atoms with Crippen LogP contribution in [0.2, 0.25) is 5.02 Å². The molecule has 0 aliphatic rings. The molecule has 84 valence electrons. The lowest BCUT2D eigenvalue weighted by Gasteiger charge is -2.03. The SMILES string of the molecule is CCOC(=O)c1cnc2c(ncn2C)c1Cl. The molecule has 0 bridgehead atoms. The van der Waals surface area contributed by atoms with Crippen LogP contribution in [-0.2, 0) is 11.8 Å². The zero-order valence-electron chi connectivity index (χ0n) is 8.90. The number of ether oxygens (including phenoxy) is 1. The molecule has 0 atom stereocenters. The summed E-state index contributed by atoms with van der Waals surface area (Å²) in [5.74, 6) is -0.479. The molecule has 6 heteroatoms. The number of halogens is 1. The monoisotopic (exact) mass is 239 g/mol. The van der Waals surface area contributed by atoms with Crippen LogP contribution in [-0.4, -0.2) is 27.1 Å². The summed E-state index contributed by atoms with van der Waals surface area (Å²) in [7, 11) is 1.81. The Kier molecular flexibility index (Phi) is 2.78. The number of imidazole rings is 1. The summed E-state index contributed by atoms with van der Waals surface area (Å²) in [4.78, 5) is 19.7. The number of esters is 1. The lowest BCUT2D eigenvalue weighted by molar-refractivity contribution is 0.0526. The molecule has 0 saturated heterocycles. The molecular weight excluding hydrogens is 230 g/mol. The average molecular weight is 240 g/mol. The highest BCUT2D eigenvalue weighted by Gasteiger charge is 2.17. The van der Waals surface area contributed by atoms with Gasteiger partial charge in [-0.15, -0.1) is 0 Å². The Bertz CT molecular complexity index is 550. The largest absolute Gasteiger partial charge is 0.462 e. The first-order valence-corrected chi connectivity index (χ1v) is 5.15. The maximum Gasteiger partial charge on any atom is 0.341 e. The number of pyridine rings is 1. The van der Waals surface area contributed by atoms with E-state index in [0.717, 1.165) is 0 Å². The van der Waals surface area contributed by atoms with Crippen molar-refractivity contribution in [3.05, 3.63) is 23.1 Å². The molecular formula is C10H10ClN3O2. The van der Waals surface area contributed by atoms with Crippen LogP contribution in [0.5, 0.6) is 0 Å². The highest BCUT2D eigenvalue weighted by Crippen LogP contribution is 2.24. The van der Waals surface area contributed by atoms with Gasteiger partial charge in [-0.25, -0.2) is 14.8 Å². The fourth-order valence-corrected chi connectivity index (χ4v) is 1.65. The number of carbonyl (C=O) groups excluding carboxylic acids is 1. The first-order chi connectivity index (χ1) is 7.65. The fourth-order valence-electron chi connectivity index (χ4n) is 1.39. The Labute approximate surface area is 97.0 Å². The van der Waals surface area contributed by atoms with Gasteiger partial charge in [0.2, 0.25) is 0 Å². The lowest BCUT2D eigenvalue weighted by atomic mass is 10.2. The number of aryl methyl sites for hydroxylation is 1. The van der Waals surface area contributed by atoms with E-state index in [0.29, 0.717) is 17.8 Å². The number of rotatable bonds is 2. The minimum absolute atomic E-state index is 0.245. The average Bonchev–Trinajstić information content (AvgIpc) is 2.62. The maximum atomic E-state index is 11.5. The maximum absolute atomic E-state index is 11.5. The summed E-state index contributed by atoms with van der Waals surface area (Å²) < 4.78 is 6.60. The molecule has 2 heterocycles.